The Balaban J connectivity index is 1.89. The molecule has 114 valence electrons. The van der Waals surface area contributed by atoms with Gasteiger partial charge in [0.05, 0.1) is 12.2 Å². The Labute approximate surface area is 129 Å². The van der Waals surface area contributed by atoms with Gasteiger partial charge in [-0.1, -0.05) is 20.8 Å². The molecule has 0 aliphatic carbocycles. The molecule has 2 aromatic heterocycles. The van der Waals surface area contributed by atoms with Gasteiger partial charge in [0.25, 0.3) is 0 Å². The summed E-state index contributed by atoms with van der Waals surface area (Å²) in [6.07, 6.45) is 1.81. The lowest BCUT2D eigenvalue weighted by Gasteiger charge is -2.26. The molecule has 0 saturated carbocycles. The SMILES string of the molecule is CNCc1sc(N2CCn3cnnc3C2)nc1C(C)(C)C. The second-order valence-corrected chi connectivity index (χ2v) is 7.47. The lowest BCUT2D eigenvalue weighted by molar-refractivity contribution is 0.547. The zero-order valence-corrected chi connectivity index (χ0v) is 13.9. The van der Waals surface area contributed by atoms with Gasteiger partial charge >= 0.3 is 0 Å². The molecule has 7 heteroatoms. The lowest BCUT2D eigenvalue weighted by atomic mass is 9.91. The van der Waals surface area contributed by atoms with E-state index in [0.29, 0.717) is 0 Å². The zero-order chi connectivity index (χ0) is 15.0. The Morgan fingerprint density at radius 1 is 1.33 bits per heavy atom. The van der Waals surface area contributed by atoms with E-state index >= 15 is 0 Å². The average Bonchev–Trinajstić information content (AvgIpc) is 3.03. The van der Waals surface area contributed by atoms with Gasteiger partial charge in [0.1, 0.15) is 6.33 Å². The Morgan fingerprint density at radius 3 is 2.86 bits per heavy atom. The van der Waals surface area contributed by atoms with Gasteiger partial charge in [-0.25, -0.2) is 4.98 Å². The lowest BCUT2D eigenvalue weighted by Crippen LogP contribution is -2.33. The number of thiazole rings is 1. The van der Waals surface area contributed by atoms with Gasteiger partial charge in [-0.2, -0.15) is 0 Å². The topological polar surface area (TPSA) is 58.9 Å². The fraction of sp³-hybridized carbons (Fsp3) is 0.643. The summed E-state index contributed by atoms with van der Waals surface area (Å²) in [4.78, 5) is 8.56. The van der Waals surface area contributed by atoms with Crippen molar-refractivity contribution in [2.75, 3.05) is 18.5 Å². The van der Waals surface area contributed by atoms with Crippen molar-refractivity contribution in [1.82, 2.24) is 25.1 Å². The largest absolute Gasteiger partial charge is 0.339 e. The van der Waals surface area contributed by atoms with Gasteiger partial charge in [0.15, 0.2) is 11.0 Å². The van der Waals surface area contributed by atoms with Crippen LogP contribution in [0.5, 0.6) is 0 Å². The van der Waals surface area contributed by atoms with Crippen LogP contribution in [0.4, 0.5) is 5.13 Å². The minimum atomic E-state index is 0.0662. The molecule has 3 heterocycles. The number of hydrogen-bond donors (Lipinski definition) is 1. The number of anilines is 1. The first kappa shape index (κ1) is 14.5. The van der Waals surface area contributed by atoms with E-state index in [9.17, 15) is 0 Å². The fourth-order valence-corrected chi connectivity index (χ4v) is 3.88. The molecule has 0 radical (unpaired) electrons. The van der Waals surface area contributed by atoms with Crippen LogP contribution in [0.1, 0.15) is 37.2 Å². The van der Waals surface area contributed by atoms with E-state index in [-0.39, 0.29) is 5.41 Å². The molecule has 0 saturated heterocycles. The summed E-state index contributed by atoms with van der Waals surface area (Å²) in [5, 5.41) is 12.5. The van der Waals surface area contributed by atoms with Gasteiger partial charge in [-0.15, -0.1) is 21.5 Å². The third-order valence-corrected chi connectivity index (χ3v) is 4.76. The zero-order valence-electron chi connectivity index (χ0n) is 13.1. The summed E-state index contributed by atoms with van der Waals surface area (Å²) < 4.78 is 2.11. The molecule has 0 spiro atoms. The highest BCUT2D eigenvalue weighted by molar-refractivity contribution is 7.15. The van der Waals surface area contributed by atoms with Crippen LogP contribution in [-0.2, 0) is 25.0 Å². The minimum absolute atomic E-state index is 0.0662. The third kappa shape index (κ3) is 2.80. The summed E-state index contributed by atoms with van der Waals surface area (Å²) in [7, 11) is 1.98. The highest BCUT2D eigenvalue weighted by Gasteiger charge is 2.26. The average molecular weight is 306 g/mol. The monoisotopic (exact) mass is 306 g/mol. The van der Waals surface area contributed by atoms with Crippen molar-refractivity contribution < 1.29 is 0 Å². The van der Waals surface area contributed by atoms with Crippen LogP contribution >= 0.6 is 11.3 Å². The summed E-state index contributed by atoms with van der Waals surface area (Å²) in [6, 6.07) is 0. The molecule has 0 bridgehead atoms. The molecule has 0 unspecified atom stereocenters. The number of hydrogen-bond acceptors (Lipinski definition) is 6. The number of nitrogens with one attached hydrogen (secondary N) is 1. The number of aromatic nitrogens is 4. The van der Waals surface area contributed by atoms with E-state index in [0.717, 1.165) is 37.1 Å². The van der Waals surface area contributed by atoms with E-state index < -0.39 is 0 Å². The van der Waals surface area contributed by atoms with Crippen molar-refractivity contribution in [3.63, 3.8) is 0 Å². The first-order valence-electron chi connectivity index (χ1n) is 7.25. The summed E-state index contributed by atoms with van der Waals surface area (Å²) in [5.74, 6) is 1.02. The Hall–Kier alpha value is -1.47. The van der Waals surface area contributed by atoms with Crippen LogP contribution in [0.2, 0.25) is 0 Å². The van der Waals surface area contributed by atoms with E-state index in [1.165, 1.54) is 10.6 Å². The number of rotatable bonds is 3. The van der Waals surface area contributed by atoms with Crippen LogP contribution in [0, 0.1) is 0 Å². The standard InChI is InChI=1S/C14H22N6S/c1-14(2,3)12-10(7-15-4)21-13(17-12)19-5-6-20-9-16-18-11(20)8-19/h9,15H,5-8H2,1-4H3. The number of fused-ring (bicyclic) bond motifs is 1. The molecule has 0 fully saturated rings. The summed E-state index contributed by atoms with van der Waals surface area (Å²) in [6.45, 7) is 10.2. The molecule has 0 amide bonds. The molecule has 1 aliphatic heterocycles. The van der Waals surface area contributed by atoms with E-state index in [1.807, 2.05) is 13.4 Å². The van der Waals surface area contributed by atoms with Crippen LogP contribution < -0.4 is 10.2 Å². The van der Waals surface area contributed by atoms with Crippen LogP contribution in [0.3, 0.4) is 0 Å². The summed E-state index contributed by atoms with van der Waals surface area (Å²) >= 11 is 1.79. The Kier molecular flexibility index (Phi) is 3.71. The first-order valence-corrected chi connectivity index (χ1v) is 8.07. The molecular weight excluding hydrogens is 284 g/mol. The van der Waals surface area contributed by atoms with E-state index in [1.54, 1.807) is 11.3 Å². The second kappa shape index (κ2) is 5.38. The van der Waals surface area contributed by atoms with E-state index in [2.05, 4.69) is 45.8 Å². The first-order chi connectivity index (χ1) is 9.99. The van der Waals surface area contributed by atoms with Gasteiger partial charge in [-0.3, -0.25) is 0 Å². The molecule has 1 aliphatic rings. The highest BCUT2D eigenvalue weighted by Crippen LogP contribution is 2.34. The Morgan fingerprint density at radius 2 is 2.14 bits per heavy atom. The van der Waals surface area contributed by atoms with Crippen LogP contribution in [-0.4, -0.2) is 33.3 Å². The van der Waals surface area contributed by atoms with Crippen molar-refractivity contribution in [3.8, 4) is 0 Å². The van der Waals surface area contributed by atoms with Gasteiger partial charge in [0, 0.05) is 29.9 Å². The van der Waals surface area contributed by atoms with Crippen molar-refractivity contribution >= 4 is 16.5 Å². The number of nitrogens with zero attached hydrogens (tertiary/aromatic N) is 5. The molecule has 21 heavy (non-hydrogen) atoms. The maximum Gasteiger partial charge on any atom is 0.186 e. The van der Waals surface area contributed by atoms with E-state index in [4.69, 9.17) is 4.98 Å². The maximum atomic E-state index is 4.93. The highest BCUT2D eigenvalue weighted by atomic mass is 32.1. The smallest absolute Gasteiger partial charge is 0.186 e. The molecule has 0 aromatic carbocycles. The molecule has 6 nitrogen and oxygen atoms in total. The van der Waals surface area contributed by atoms with Crippen molar-refractivity contribution in [1.29, 1.82) is 0 Å². The van der Waals surface area contributed by atoms with Gasteiger partial charge < -0.3 is 14.8 Å². The summed E-state index contributed by atoms with van der Waals surface area (Å²) in [5.41, 5.74) is 1.26. The third-order valence-electron chi connectivity index (χ3n) is 3.64. The van der Waals surface area contributed by atoms with Crippen molar-refractivity contribution in [3.05, 3.63) is 22.7 Å². The second-order valence-electron chi connectivity index (χ2n) is 6.41. The quantitative estimate of drug-likeness (QED) is 0.936. The molecule has 2 aromatic rings. The van der Waals surface area contributed by atoms with Crippen LogP contribution in [0.25, 0.3) is 0 Å². The molecule has 1 N–H and O–H groups in total. The fourth-order valence-electron chi connectivity index (χ4n) is 2.57. The van der Waals surface area contributed by atoms with Gasteiger partial charge in [0.2, 0.25) is 0 Å². The van der Waals surface area contributed by atoms with Crippen molar-refractivity contribution in [2.24, 2.45) is 0 Å². The van der Waals surface area contributed by atoms with Gasteiger partial charge in [-0.05, 0) is 7.05 Å². The Bertz CT molecular complexity index is 624. The molecule has 0 atom stereocenters. The predicted molar refractivity (Wildman–Crippen MR) is 84.6 cm³/mol. The maximum absolute atomic E-state index is 4.93. The normalized spacial score (nSPS) is 15.3. The molecular formula is C14H22N6S. The predicted octanol–water partition coefficient (Wildman–Crippen LogP) is 1.77. The minimum Gasteiger partial charge on any atom is -0.339 e. The van der Waals surface area contributed by atoms with Crippen molar-refractivity contribution in [2.45, 2.75) is 45.8 Å². The molecule has 3 rings (SSSR count). The van der Waals surface area contributed by atoms with Crippen LogP contribution in [0.15, 0.2) is 6.33 Å².